The second kappa shape index (κ2) is 6.79. The number of amides is 1. The van der Waals surface area contributed by atoms with Crippen molar-refractivity contribution in [2.45, 2.75) is 50.0 Å². The van der Waals surface area contributed by atoms with Crippen molar-refractivity contribution in [3.63, 3.8) is 0 Å². The molecule has 1 aromatic rings. The Morgan fingerprint density at radius 3 is 2.57 bits per heavy atom. The van der Waals surface area contributed by atoms with Crippen molar-refractivity contribution in [1.82, 2.24) is 5.32 Å². The van der Waals surface area contributed by atoms with Crippen molar-refractivity contribution in [3.8, 4) is 0 Å². The molecule has 0 heterocycles. The quantitative estimate of drug-likeness (QED) is 0.782. The van der Waals surface area contributed by atoms with Crippen LogP contribution in [0.4, 0.5) is 0 Å². The topological polar surface area (TPSA) is 63.2 Å². The Morgan fingerprint density at radius 2 is 2.00 bits per heavy atom. The van der Waals surface area contributed by atoms with E-state index in [9.17, 15) is 13.2 Å². The van der Waals surface area contributed by atoms with Crippen LogP contribution in [0.2, 0.25) is 0 Å². The van der Waals surface area contributed by atoms with Gasteiger partial charge >= 0.3 is 0 Å². The molecular weight excluding hydrogens is 310 g/mol. The van der Waals surface area contributed by atoms with Gasteiger partial charge in [0.1, 0.15) is 0 Å². The lowest BCUT2D eigenvalue weighted by molar-refractivity contribution is -0.121. The maximum absolute atomic E-state index is 11.8. The van der Waals surface area contributed by atoms with Crippen molar-refractivity contribution in [2.75, 3.05) is 0 Å². The molecule has 0 radical (unpaired) electrons. The highest BCUT2D eigenvalue weighted by Gasteiger charge is 2.36. The number of nitrogens with one attached hydrogen (secondary N) is 1. The van der Waals surface area contributed by atoms with Crippen LogP contribution in [0.15, 0.2) is 29.2 Å². The van der Waals surface area contributed by atoms with Gasteiger partial charge in [-0.05, 0) is 42.9 Å². The summed E-state index contributed by atoms with van der Waals surface area (Å²) in [5.74, 6) is 0.722. The van der Waals surface area contributed by atoms with E-state index in [4.69, 9.17) is 10.7 Å². The molecule has 2 atom stereocenters. The van der Waals surface area contributed by atoms with Crippen LogP contribution in [-0.4, -0.2) is 20.4 Å². The van der Waals surface area contributed by atoms with Crippen LogP contribution in [0.1, 0.15) is 38.2 Å². The molecule has 1 aromatic carbocycles. The maximum Gasteiger partial charge on any atom is 0.261 e. The Hall–Kier alpha value is -1.07. The summed E-state index contributed by atoms with van der Waals surface area (Å²) in [5, 5.41) is 3.04. The molecule has 1 N–H and O–H groups in total. The van der Waals surface area contributed by atoms with Crippen molar-refractivity contribution >= 4 is 25.6 Å². The first-order chi connectivity index (χ1) is 9.90. The van der Waals surface area contributed by atoms with Crippen LogP contribution in [0.25, 0.3) is 0 Å². The minimum Gasteiger partial charge on any atom is -0.353 e. The zero-order chi connectivity index (χ0) is 15.5. The molecule has 0 spiro atoms. The normalized spacial score (nSPS) is 21.0. The smallest absolute Gasteiger partial charge is 0.261 e. The van der Waals surface area contributed by atoms with Gasteiger partial charge in [0.2, 0.25) is 5.91 Å². The van der Waals surface area contributed by atoms with Gasteiger partial charge in [-0.2, -0.15) is 0 Å². The Morgan fingerprint density at radius 1 is 1.33 bits per heavy atom. The van der Waals surface area contributed by atoms with Gasteiger partial charge in [0.25, 0.3) is 9.05 Å². The van der Waals surface area contributed by atoms with E-state index < -0.39 is 9.05 Å². The van der Waals surface area contributed by atoms with E-state index in [2.05, 4.69) is 12.2 Å². The number of carbonyl (C=O) groups excluding carboxylic acids is 1. The monoisotopic (exact) mass is 329 g/mol. The van der Waals surface area contributed by atoms with Gasteiger partial charge < -0.3 is 5.32 Å². The number of carbonyl (C=O) groups is 1. The molecule has 0 bridgehead atoms. The maximum atomic E-state index is 11.8. The van der Waals surface area contributed by atoms with Crippen LogP contribution in [0, 0.1) is 5.92 Å². The molecule has 4 nitrogen and oxygen atoms in total. The summed E-state index contributed by atoms with van der Waals surface area (Å²) in [6, 6.07) is 6.68. The summed E-state index contributed by atoms with van der Waals surface area (Å²) in [5.41, 5.74) is 0.926. The minimum atomic E-state index is -3.68. The first kappa shape index (κ1) is 16.3. The van der Waals surface area contributed by atoms with E-state index in [0.29, 0.717) is 24.8 Å². The predicted octanol–water partition coefficient (Wildman–Crippen LogP) is 2.85. The number of halogens is 1. The number of benzene rings is 1. The fourth-order valence-electron chi connectivity index (χ4n) is 2.47. The van der Waals surface area contributed by atoms with Gasteiger partial charge in [-0.25, -0.2) is 8.42 Å². The van der Waals surface area contributed by atoms with Gasteiger partial charge in [-0.3, -0.25) is 4.79 Å². The first-order valence-electron chi connectivity index (χ1n) is 7.23. The number of aryl methyl sites for hydroxylation is 1. The zero-order valence-electron chi connectivity index (χ0n) is 12.0. The van der Waals surface area contributed by atoms with Gasteiger partial charge in [-0.1, -0.05) is 25.5 Å². The highest BCUT2D eigenvalue weighted by molar-refractivity contribution is 8.13. The molecule has 1 aliphatic rings. The lowest BCUT2D eigenvalue weighted by Crippen LogP contribution is -2.27. The van der Waals surface area contributed by atoms with Crippen molar-refractivity contribution < 1.29 is 13.2 Å². The third-order valence-corrected chi connectivity index (χ3v) is 5.14. The summed E-state index contributed by atoms with van der Waals surface area (Å²) in [4.78, 5) is 11.9. The first-order valence-corrected chi connectivity index (χ1v) is 9.54. The van der Waals surface area contributed by atoms with E-state index in [-0.39, 0.29) is 10.8 Å². The van der Waals surface area contributed by atoms with Gasteiger partial charge in [0.05, 0.1) is 4.90 Å². The molecule has 1 amide bonds. The van der Waals surface area contributed by atoms with Gasteiger partial charge in [0.15, 0.2) is 0 Å². The summed E-state index contributed by atoms with van der Waals surface area (Å²) in [6.07, 6.45) is 4.45. The van der Waals surface area contributed by atoms with Gasteiger partial charge in [-0.15, -0.1) is 0 Å². The Bertz CT molecular complexity index is 598. The highest BCUT2D eigenvalue weighted by atomic mass is 35.7. The molecule has 2 unspecified atom stereocenters. The van der Waals surface area contributed by atoms with E-state index in [1.165, 1.54) is 18.6 Å². The lowest BCUT2D eigenvalue weighted by atomic mass is 10.1. The summed E-state index contributed by atoms with van der Waals surface area (Å²) in [7, 11) is 1.57. The zero-order valence-corrected chi connectivity index (χ0v) is 13.6. The van der Waals surface area contributed by atoms with Crippen LogP contribution in [-0.2, 0) is 20.3 Å². The van der Waals surface area contributed by atoms with E-state index in [1.54, 1.807) is 12.1 Å². The van der Waals surface area contributed by atoms with E-state index in [1.807, 2.05) is 0 Å². The molecule has 116 valence electrons. The van der Waals surface area contributed by atoms with Crippen molar-refractivity contribution in [3.05, 3.63) is 29.8 Å². The molecular formula is C15H20ClNO3S. The SMILES string of the molecule is CCCC1CC1NC(=O)CCc1ccc(S(=O)(=O)Cl)cc1. The van der Waals surface area contributed by atoms with Crippen LogP contribution >= 0.6 is 10.7 Å². The van der Waals surface area contributed by atoms with Crippen LogP contribution < -0.4 is 5.32 Å². The molecule has 0 saturated heterocycles. The average molecular weight is 330 g/mol. The number of hydrogen-bond donors (Lipinski definition) is 1. The molecule has 6 heteroatoms. The third-order valence-electron chi connectivity index (χ3n) is 3.77. The largest absolute Gasteiger partial charge is 0.353 e. The van der Waals surface area contributed by atoms with E-state index in [0.717, 1.165) is 18.4 Å². The molecule has 1 fully saturated rings. The number of rotatable bonds is 7. The molecule has 0 aliphatic heterocycles. The second-order valence-electron chi connectivity index (χ2n) is 5.54. The third kappa shape index (κ3) is 5.00. The minimum absolute atomic E-state index is 0.0626. The average Bonchev–Trinajstić information content (AvgIpc) is 3.14. The predicted molar refractivity (Wildman–Crippen MR) is 82.7 cm³/mol. The standard InChI is InChI=1S/C15H20ClNO3S/c1-2-3-12-10-14(12)17-15(18)9-6-11-4-7-13(8-5-11)21(16,19)20/h4-5,7-8,12,14H,2-3,6,9-10H2,1H3,(H,17,18). The van der Waals surface area contributed by atoms with Gasteiger partial charge in [0, 0.05) is 23.1 Å². The van der Waals surface area contributed by atoms with Crippen molar-refractivity contribution in [1.29, 1.82) is 0 Å². The second-order valence-corrected chi connectivity index (χ2v) is 8.11. The molecule has 2 rings (SSSR count). The Balaban J connectivity index is 1.77. The highest BCUT2D eigenvalue weighted by Crippen LogP contribution is 2.34. The Kier molecular flexibility index (Phi) is 5.27. The summed E-state index contributed by atoms with van der Waals surface area (Å²) < 4.78 is 22.2. The summed E-state index contributed by atoms with van der Waals surface area (Å²) >= 11 is 0. The molecule has 1 saturated carbocycles. The Labute approximate surface area is 130 Å². The summed E-state index contributed by atoms with van der Waals surface area (Å²) in [6.45, 7) is 2.15. The van der Waals surface area contributed by atoms with Crippen molar-refractivity contribution in [2.24, 2.45) is 5.92 Å². The van der Waals surface area contributed by atoms with Crippen LogP contribution in [0.5, 0.6) is 0 Å². The lowest BCUT2D eigenvalue weighted by Gasteiger charge is -2.05. The molecule has 0 aromatic heterocycles. The number of hydrogen-bond acceptors (Lipinski definition) is 3. The fourth-order valence-corrected chi connectivity index (χ4v) is 3.24. The van der Waals surface area contributed by atoms with Crippen LogP contribution in [0.3, 0.4) is 0 Å². The fraction of sp³-hybridized carbons (Fsp3) is 0.533. The van der Waals surface area contributed by atoms with E-state index >= 15 is 0 Å². The molecule has 21 heavy (non-hydrogen) atoms. The molecule has 1 aliphatic carbocycles.